The summed E-state index contributed by atoms with van der Waals surface area (Å²) in [7, 11) is 1.29. The van der Waals surface area contributed by atoms with Crippen LogP contribution < -0.4 is 5.32 Å². The molecule has 1 atom stereocenters. The predicted octanol–water partition coefficient (Wildman–Crippen LogP) is 4.90. The van der Waals surface area contributed by atoms with E-state index in [-0.39, 0.29) is 11.5 Å². The molecule has 8 nitrogen and oxygen atoms in total. The largest absolute Gasteiger partial charge is 0.466 e. The van der Waals surface area contributed by atoms with Crippen molar-refractivity contribution in [1.82, 2.24) is 5.32 Å². The maximum Gasteiger partial charge on any atom is 0.336 e. The number of dihydropyridines is 1. The minimum atomic E-state index is -0.768. The molecule has 170 valence electrons. The number of furan rings is 1. The predicted molar refractivity (Wildman–Crippen MR) is 124 cm³/mol. The number of hydrogen-bond donors (Lipinski definition) is 1. The molecule has 1 aliphatic carbocycles. The fraction of sp³-hybridized carbons (Fsp3) is 0.154. The van der Waals surface area contributed by atoms with Crippen molar-refractivity contribution < 1.29 is 23.7 Å². The molecule has 0 spiro atoms. The van der Waals surface area contributed by atoms with E-state index in [0.29, 0.717) is 50.8 Å². The van der Waals surface area contributed by atoms with E-state index in [9.17, 15) is 19.7 Å². The molecule has 3 aromatic rings. The van der Waals surface area contributed by atoms with Gasteiger partial charge in [-0.25, -0.2) is 4.79 Å². The van der Waals surface area contributed by atoms with Crippen molar-refractivity contribution in [2.75, 3.05) is 7.11 Å². The third kappa shape index (κ3) is 3.14. The molecule has 1 unspecified atom stereocenters. The molecule has 2 aliphatic rings. The number of nitro benzene ring substituents is 1. The Morgan fingerprint density at radius 1 is 1.06 bits per heavy atom. The maximum atomic E-state index is 13.4. The van der Waals surface area contributed by atoms with Gasteiger partial charge in [0.2, 0.25) is 0 Å². The Morgan fingerprint density at radius 3 is 2.47 bits per heavy atom. The van der Waals surface area contributed by atoms with E-state index in [1.807, 2.05) is 12.1 Å². The molecule has 2 heterocycles. The molecule has 8 heteroatoms. The van der Waals surface area contributed by atoms with Crippen LogP contribution in [0, 0.1) is 17.0 Å². The van der Waals surface area contributed by atoms with E-state index in [4.69, 9.17) is 9.15 Å². The third-order valence-electron chi connectivity index (χ3n) is 6.25. The molecule has 0 radical (unpaired) electrons. The van der Waals surface area contributed by atoms with Crippen molar-refractivity contribution in [3.05, 3.63) is 104 Å². The van der Waals surface area contributed by atoms with Gasteiger partial charge in [-0.3, -0.25) is 14.9 Å². The molecule has 0 saturated carbocycles. The molecule has 2 aromatic carbocycles. The minimum absolute atomic E-state index is 0.0120. The normalized spacial score (nSPS) is 16.8. The van der Waals surface area contributed by atoms with Crippen molar-refractivity contribution in [2.24, 2.45) is 0 Å². The van der Waals surface area contributed by atoms with E-state index < -0.39 is 16.8 Å². The van der Waals surface area contributed by atoms with Crippen molar-refractivity contribution in [3.63, 3.8) is 0 Å². The van der Waals surface area contributed by atoms with Crippen LogP contribution in [0.1, 0.15) is 40.1 Å². The number of Topliss-reactive ketones (excluding diaryl/α,β-unsaturated/α-hetero) is 1. The zero-order valence-electron chi connectivity index (χ0n) is 18.7. The number of hydrogen-bond acceptors (Lipinski definition) is 7. The summed E-state index contributed by atoms with van der Waals surface area (Å²) in [6.45, 7) is 3.52. The summed E-state index contributed by atoms with van der Waals surface area (Å²) < 4.78 is 11.2. The van der Waals surface area contributed by atoms with Crippen LogP contribution in [0.2, 0.25) is 0 Å². The van der Waals surface area contributed by atoms with E-state index >= 15 is 0 Å². The molecule has 1 aromatic heterocycles. The van der Waals surface area contributed by atoms with Crippen LogP contribution in [-0.2, 0) is 9.53 Å². The van der Waals surface area contributed by atoms with E-state index in [1.54, 1.807) is 44.2 Å². The topological polar surface area (TPSA) is 112 Å². The monoisotopic (exact) mass is 456 g/mol. The Labute approximate surface area is 194 Å². The van der Waals surface area contributed by atoms with Crippen LogP contribution in [0.5, 0.6) is 0 Å². The van der Waals surface area contributed by atoms with Crippen LogP contribution in [0.3, 0.4) is 0 Å². The number of ether oxygens (including phenoxy) is 1. The van der Waals surface area contributed by atoms with Crippen molar-refractivity contribution >= 4 is 23.1 Å². The number of rotatable bonds is 4. The average molecular weight is 456 g/mol. The van der Waals surface area contributed by atoms with Gasteiger partial charge in [0, 0.05) is 40.1 Å². The summed E-state index contributed by atoms with van der Waals surface area (Å²) in [4.78, 5) is 36.9. The summed E-state index contributed by atoms with van der Waals surface area (Å²) in [5, 5.41) is 14.3. The van der Waals surface area contributed by atoms with Crippen molar-refractivity contribution in [3.8, 4) is 11.3 Å². The Morgan fingerprint density at radius 2 is 1.79 bits per heavy atom. The van der Waals surface area contributed by atoms with Crippen LogP contribution in [-0.4, -0.2) is 23.8 Å². The molecular formula is C26H20N2O6. The standard InChI is InChI=1S/C26H20N2O6/c1-13-12-15(28(31)32)8-9-16(13)19-10-11-20(34-19)22-21(26(30)33-3)14(2)27-24-17-6-4-5-7-18(17)25(29)23(22)24/h4-12,22,27H,1-3H3. The number of nitrogens with zero attached hydrogens (tertiary/aromatic N) is 1. The highest BCUT2D eigenvalue weighted by Crippen LogP contribution is 2.47. The molecule has 1 aliphatic heterocycles. The highest BCUT2D eigenvalue weighted by molar-refractivity contribution is 6.23. The molecule has 5 rings (SSSR count). The third-order valence-corrected chi connectivity index (χ3v) is 6.25. The number of ketones is 1. The highest BCUT2D eigenvalue weighted by Gasteiger charge is 2.44. The van der Waals surface area contributed by atoms with Crippen LogP contribution in [0.15, 0.2) is 75.9 Å². The molecule has 0 amide bonds. The second-order valence-corrected chi connectivity index (χ2v) is 8.21. The Bertz CT molecular complexity index is 1460. The second kappa shape index (κ2) is 7.84. The summed E-state index contributed by atoms with van der Waals surface area (Å²) in [6, 6.07) is 15.3. The Kier molecular flexibility index (Phi) is 4.93. The molecule has 1 N–H and O–H groups in total. The van der Waals surface area contributed by atoms with Gasteiger partial charge < -0.3 is 14.5 Å². The lowest BCUT2D eigenvalue weighted by Gasteiger charge is -2.27. The number of non-ortho nitro benzene ring substituents is 1. The lowest BCUT2D eigenvalue weighted by molar-refractivity contribution is -0.384. The van der Waals surface area contributed by atoms with Crippen molar-refractivity contribution in [2.45, 2.75) is 19.8 Å². The van der Waals surface area contributed by atoms with Crippen LogP contribution in [0.25, 0.3) is 17.0 Å². The quantitative estimate of drug-likeness (QED) is 0.337. The first kappa shape index (κ1) is 21.4. The van der Waals surface area contributed by atoms with Gasteiger partial charge in [-0.2, -0.15) is 0 Å². The van der Waals surface area contributed by atoms with Crippen molar-refractivity contribution in [1.29, 1.82) is 0 Å². The Hall–Kier alpha value is -4.46. The van der Waals surface area contributed by atoms with Crippen LogP contribution in [0.4, 0.5) is 5.69 Å². The van der Waals surface area contributed by atoms with E-state index in [1.165, 1.54) is 19.2 Å². The van der Waals surface area contributed by atoms with Gasteiger partial charge in [-0.1, -0.05) is 24.3 Å². The SMILES string of the molecule is COC(=O)C1=C(C)NC2=C(C(=O)c3ccccc32)C1c1ccc(-c2ccc([N+](=O)[O-])cc2C)o1. The number of esters is 1. The number of allylic oxidation sites excluding steroid dienone is 2. The number of nitro groups is 1. The molecule has 34 heavy (non-hydrogen) atoms. The molecular weight excluding hydrogens is 436 g/mol. The lowest BCUT2D eigenvalue weighted by Crippen LogP contribution is -2.28. The Balaban J connectivity index is 1.65. The maximum absolute atomic E-state index is 13.4. The van der Waals surface area contributed by atoms with Crippen LogP contribution >= 0.6 is 0 Å². The number of nitrogens with one attached hydrogen (secondary N) is 1. The lowest BCUT2D eigenvalue weighted by atomic mass is 9.83. The summed E-state index contributed by atoms with van der Waals surface area (Å²) in [5.41, 5.74) is 4.62. The van der Waals surface area contributed by atoms with Gasteiger partial charge in [-0.15, -0.1) is 0 Å². The zero-order valence-corrected chi connectivity index (χ0v) is 18.7. The second-order valence-electron chi connectivity index (χ2n) is 8.21. The number of carbonyl (C=O) groups excluding carboxylic acids is 2. The first-order chi connectivity index (χ1) is 16.3. The van der Waals surface area contributed by atoms with Gasteiger partial charge in [0.25, 0.3) is 5.69 Å². The number of aryl methyl sites for hydroxylation is 1. The molecule has 0 saturated heterocycles. The van der Waals surface area contributed by atoms with Gasteiger partial charge in [0.05, 0.1) is 29.2 Å². The molecule has 0 bridgehead atoms. The zero-order chi connectivity index (χ0) is 24.1. The van der Waals surface area contributed by atoms with Gasteiger partial charge >= 0.3 is 5.97 Å². The smallest absolute Gasteiger partial charge is 0.336 e. The summed E-state index contributed by atoms with van der Waals surface area (Å²) in [5.74, 6) is -0.623. The van der Waals surface area contributed by atoms with Gasteiger partial charge in [0.15, 0.2) is 5.78 Å². The highest BCUT2D eigenvalue weighted by atomic mass is 16.6. The molecule has 0 fully saturated rings. The summed E-state index contributed by atoms with van der Waals surface area (Å²) >= 11 is 0. The van der Waals surface area contributed by atoms with Gasteiger partial charge in [-0.05, 0) is 37.6 Å². The van der Waals surface area contributed by atoms with E-state index in [2.05, 4.69) is 5.32 Å². The number of carbonyl (C=O) groups is 2. The minimum Gasteiger partial charge on any atom is -0.466 e. The first-order valence-electron chi connectivity index (χ1n) is 10.6. The fourth-order valence-electron chi connectivity index (χ4n) is 4.68. The number of benzene rings is 2. The van der Waals surface area contributed by atoms with E-state index in [0.717, 1.165) is 5.56 Å². The average Bonchev–Trinajstić information content (AvgIpc) is 3.41. The number of methoxy groups -OCH3 is 1. The first-order valence-corrected chi connectivity index (χ1v) is 10.6. The summed E-state index contributed by atoms with van der Waals surface area (Å²) in [6.07, 6.45) is 0. The fourth-order valence-corrected chi connectivity index (χ4v) is 4.68. The van der Waals surface area contributed by atoms with Gasteiger partial charge in [0.1, 0.15) is 11.5 Å². The number of fused-ring (bicyclic) bond motifs is 2.